The molecule has 0 atom stereocenters. The Kier molecular flexibility index (Phi) is 2.73. The lowest BCUT2D eigenvalue weighted by Gasteiger charge is -1.95. The molecule has 15 heavy (non-hydrogen) atoms. The molecule has 1 heterocycles. The summed E-state index contributed by atoms with van der Waals surface area (Å²) in [7, 11) is 0. The zero-order valence-corrected chi connectivity index (χ0v) is 9.56. The third-order valence-corrected chi connectivity index (χ3v) is 3.34. The van der Waals surface area contributed by atoms with Crippen molar-refractivity contribution in [1.82, 2.24) is 0 Å². The monoisotopic (exact) mass is 220 g/mol. The first-order valence-corrected chi connectivity index (χ1v) is 5.70. The molecule has 0 spiro atoms. The quantitative estimate of drug-likeness (QED) is 0.725. The summed E-state index contributed by atoms with van der Waals surface area (Å²) in [5, 5.41) is 1.14. The minimum absolute atomic E-state index is 0.224. The molecule has 1 aromatic carbocycles. The Bertz CT molecular complexity index is 499. The second-order valence-corrected chi connectivity index (χ2v) is 4.40. The number of carbonyl (C=O) groups excluding carboxylic acids is 1. The van der Waals surface area contributed by atoms with Crippen molar-refractivity contribution in [2.24, 2.45) is 0 Å². The molecule has 0 radical (unpaired) electrons. The summed E-state index contributed by atoms with van der Waals surface area (Å²) in [4.78, 5) is 12.2. The van der Waals surface area contributed by atoms with Crippen molar-refractivity contribution in [3.8, 4) is 0 Å². The van der Waals surface area contributed by atoms with Crippen LogP contribution in [0.5, 0.6) is 0 Å². The number of fused-ring (bicyclic) bond motifs is 1. The summed E-state index contributed by atoms with van der Waals surface area (Å²) >= 11 is 1.48. The minimum Gasteiger partial charge on any atom is -0.462 e. The summed E-state index contributed by atoms with van der Waals surface area (Å²) in [5.74, 6) is -0.224. The lowest BCUT2D eigenvalue weighted by molar-refractivity contribution is 0.0532. The molecular weight excluding hydrogens is 208 g/mol. The van der Waals surface area contributed by atoms with Gasteiger partial charge in [0.25, 0.3) is 0 Å². The van der Waals surface area contributed by atoms with Crippen molar-refractivity contribution >= 4 is 27.4 Å². The Labute approximate surface area is 92.5 Å². The van der Waals surface area contributed by atoms with Gasteiger partial charge in [-0.2, -0.15) is 0 Å². The number of aryl methyl sites for hydroxylation is 1. The van der Waals surface area contributed by atoms with Gasteiger partial charge in [-0.3, -0.25) is 0 Å². The second-order valence-electron chi connectivity index (χ2n) is 3.32. The minimum atomic E-state index is -0.224. The molecule has 0 amide bonds. The van der Waals surface area contributed by atoms with Crippen LogP contribution in [0.3, 0.4) is 0 Å². The zero-order chi connectivity index (χ0) is 10.8. The van der Waals surface area contributed by atoms with Crippen LogP contribution in [0.25, 0.3) is 10.1 Å². The van der Waals surface area contributed by atoms with Crippen molar-refractivity contribution in [3.63, 3.8) is 0 Å². The first kappa shape index (κ1) is 10.2. The van der Waals surface area contributed by atoms with Gasteiger partial charge in [-0.05, 0) is 36.9 Å². The van der Waals surface area contributed by atoms with Crippen LogP contribution in [0, 0.1) is 6.92 Å². The van der Waals surface area contributed by atoms with Crippen molar-refractivity contribution in [3.05, 3.63) is 34.7 Å². The predicted molar refractivity (Wildman–Crippen MR) is 62.5 cm³/mol. The largest absolute Gasteiger partial charge is 0.462 e. The van der Waals surface area contributed by atoms with Gasteiger partial charge < -0.3 is 4.74 Å². The normalized spacial score (nSPS) is 10.5. The Balaban J connectivity index is 2.47. The van der Waals surface area contributed by atoms with Gasteiger partial charge in [-0.25, -0.2) is 4.79 Å². The van der Waals surface area contributed by atoms with Crippen LogP contribution in [-0.4, -0.2) is 12.6 Å². The number of hydrogen-bond acceptors (Lipinski definition) is 3. The van der Waals surface area contributed by atoms with E-state index in [9.17, 15) is 4.79 Å². The maximum absolute atomic E-state index is 11.5. The molecule has 0 bridgehead atoms. The average molecular weight is 220 g/mol. The van der Waals surface area contributed by atoms with Gasteiger partial charge in [-0.1, -0.05) is 12.1 Å². The maximum Gasteiger partial charge on any atom is 0.348 e. The van der Waals surface area contributed by atoms with Crippen molar-refractivity contribution < 1.29 is 9.53 Å². The second kappa shape index (κ2) is 4.03. The molecule has 2 aromatic rings. The van der Waals surface area contributed by atoms with E-state index in [0.29, 0.717) is 11.5 Å². The molecule has 78 valence electrons. The fraction of sp³-hybridized carbons (Fsp3) is 0.250. The molecule has 2 rings (SSSR count). The summed E-state index contributed by atoms with van der Waals surface area (Å²) in [5.41, 5.74) is 1.19. The molecule has 0 saturated carbocycles. The van der Waals surface area contributed by atoms with Gasteiger partial charge in [0.15, 0.2) is 0 Å². The number of carbonyl (C=O) groups is 1. The summed E-state index contributed by atoms with van der Waals surface area (Å²) in [6.45, 7) is 4.28. The Morgan fingerprint density at radius 2 is 2.27 bits per heavy atom. The lowest BCUT2D eigenvalue weighted by Crippen LogP contribution is -2.01. The fourth-order valence-corrected chi connectivity index (χ4v) is 2.54. The topological polar surface area (TPSA) is 26.3 Å². The standard InChI is InChI=1S/C12H12O2S/c1-3-14-12(13)11-7-9-8(2)5-4-6-10(9)15-11/h4-7H,3H2,1-2H3. The van der Waals surface area contributed by atoms with Gasteiger partial charge in [-0.15, -0.1) is 11.3 Å². The molecule has 0 unspecified atom stereocenters. The van der Waals surface area contributed by atoms with E-state index in [1.807, 2.05) is 38.1 Å². The molecule has 0 N–H and O–H groups in total. The average Bonchev–Trinajstić information content (AvgIpc) is 2.63. The third kappa shape index (κ3) is 1.88. The molecule has 0 aliphatic carbocycles. The molecule has 1 aromatic heterocycles. The predicted octanol–water partition coefficient (Wildman–Crippen LogP) is 3.39. The van der Waals surface area contributed by atoms with E-state index in [-0.39, 0.29) is 5.97 Å². The molecular formula is C12H12O2S. The Hall–Kier alpha value is -1.35. The smallest absolute Gasteiger partial charge is 0.348 e. The number of hydrogen-bond donors (Lipinski definition) is 0. The summed E-state index contributed by atoms with van der Waals surface area (Å²) in [6.07, 6.45) is 0. The summed E-state index contributed by atoms with van der Waals surface area (Å²) in [6, 6.07) is 7.98. The Morgan fingerprint density at radius 3 is 2.93 bits per heavy atom. The first-order chi connectivity index (χ1) is 7.22. The molecule has 0 aliphatic rings. The van der Waals surface area contributed by atoms with Gasteiger partial charge >= 0.3 is 5.97 Å². The van der Waals surface area contributed by atoms with Crippen LogP contribution in [0.4, 0.5) is 0 Å². The SMILES string of the molecule is CCOC(=O)c1cc2c(C)cccc2s1. The summed E-state index contributed by atoms with van der Waals surface area (Å²) < 4.78 is 6.11. The van der Waals surface area contributed by atoms with Crippen LogP contribution in [0.2, 0.25) is 0 Å². The van der Waals surface area contributed by atoms with Gasteiger partial charge in [0, 0.05) is 4.70 Å². The fourth-order valence-electron chi connectivity index (χ4n) is 1.51. The van der Waals surface area contributed by atoms with Crippen LogP contribution in [-0.2, 0) is 4.74 Å². The van der Waals surface area contributed by atoms with Gasteiger partial charge in [0.2, 0.25) is 0 Å². The number of benzene rings is 1. The zero-order valence-electron chi connectivity index (χ0n) is 8.74. The number of esters is 1. The molecule has 3 heteroatoms. The van der Waals surface area contributed by atoms with Crippen LogP contribution in [0.15, 0.2) is 24.3 Å². The van der Waals surface area contributed by atoms with E-state index in [2.05, 4.69) is 0 Å². The van der Waals surface area contributed by atoms with E-state index < -0.39 is 0 Å². The van der Waals surface area contributed by atoms with Gasteiger partial charge in [0.1, 0.15) is 4.88 Å². The molecule has 0 aliphatic heterocycles. The molecule has 0 saturated heterocycles. The number of thiophene rings is 1. The van der Waals surface area contributed by atoms with Crippen LogP contribution < -0.4 is 0 Å². The molecule has 2 nitrogen and oxygen atoms in total. The lowest BCUT2D eigenvalue weighted by atomic mass is 10.1. The number of rotatable bonds is 2. The van der Waals surface area contributed by atoms with E-state index in [0.717, 1.165) is 10.1 Å². The Morgan fingerprint density at radius 1 is 1.47 bits per heavy atom. The van der Waals surface area contributed by atoms with Gasteiger partial charge in [0.05, 0.1) is 6.61 Å². The van der Waals surface area contributed by atoms with E-state index in [1.54, 1.807) is 0 Å². The van der Waals surface area contributed by atoms with Crippen LogP contribution >= 0.6 is 11.3 Å². The van der Waals surface area contributed by atoms with E-state index in [4.69, 9.17) is 4.74 Å². The highest BCUT2D eigenvalue weighted by molar-refractivity contribution is 7.20. The van der Waals surface area contributed by atoms with E-state index in [1.165, 1.54) is 16.9 Å². The maximum atomic E-state index is 11.5. The highest BCUT2D eigenvalue weighted by atomic mass is 32.1. The van der Waals surface area contributed by atoms with Crippen molar-refractivity contribution in [1.29, 1.82) is 0 Å². The van der Waals surface area contributed by atoms with Crippen LogP contribution in [0.1, 0.15) is 22.2 Å². The molecule has 0 fully saturated rings. The van der Waals surface area contributed by atoms with E-state index >= 15 is 0 Å². The van der Waals surface area contributed by atoms with Crippen molar-refractivity contribution in [2.45, 2.75) is 13.8 Å². The number of ether oxygens (including phenoxy) is 1. The van der Waals surface area contributed by atoms with Crippen molar-refractivity contribution in [2.75, 3.05) is 6.61 Å². The highest BCUT2D eigenvalue weighted by Crippen LogP contribution is 2.28. The third-order valence-electron chi connectivity index (χ3n) is 2.26. The highest BCUT2D eigenvalue weighted by Gasteiger charge is 2.11. The first-order valence-electron chi connectivity index (χ1n) is 4.88.